The number of benzene rings is 2. The molecule has 0 aromatic heterocycles. The number of piperidine rings is 2. The van der Waals surface area contributed by atoms with Crippen LogP contribution in [-0.2, 0) is 0 Å². The highest BCUT2D eigenvalue weighted by Gasteiger charge is 2.71. The molecular formula is C17H17NS. The van der Waals surface area contributed by atoms with E-state index in [1.807, 2.05) is 0 Å². The molecule has 1 nitrogen and oxygen atoms in total. The van der Waals surface area contributed by atoms with Crippen LogP contribution in [0.2, 0.25) is 0 Å². The van der Waals surface area contributed by atoms with Crippen LogP contribution in [0.25, 0.3) is 10.8 Å². The smallest absolute Gasteiger partial charge is 0.0196 e. The second-order valence-corrected chi connectivity index (χ2v) is 7.49. The first-order valence-corrected chi connectivity index (χ1v) is 8.16. The van der Waals surface area contributed by atoms with Gasteiger partial charge in [0.1, 0.15) is 0 Å². The van der Waals surface area contributed by atoms with Gasteiger partial charge in [-0.3, -0.25) is 0 Å². The Kier molecular flexibility index (Phi) is 2.01. The summed E-state index contributed by atoms with van der Waals surface area (Å²) in [5.41, 5.74) is 0.682. The van der Waals surface area contributed by atoms with E-state index < -0.39 is 0 Å². The van der Waals surface area contributed by atoms with Gasteiger partial charge in [0.15, 0.2) is 0 Å². The highest BCUT2D eigenvalue weighted by Crippen LogP contribution is 2.67. The van der Waals surface area contributed by atoms with Gasteiger partial charge in [-0.15, -0.1) is 11.8 Å². The maximum atomic E-state index is 3.71. The van der Waals surface area contributed by atoms with Crippen molar-refractivity contribution in [2.75, 3.05) is 0 Å². The molecule has 2 aliphatic carbocycles. The van der Waals surface area contributed by atoms with Crippen molar-refractivity contribution in [3.8, 4) is 0 Å². The third-order valence-corrected chi connectivity index (χ3v) is 7.16. The van der Waals surface area contributed by atoms with Crippen molar-refractivity contribution in [1.82, 2.24) is 5.32 Å². The number of rotatable bonds is 2. The molecule has 0 bridgehead atoms. The van der Waals surface area contributed by atoms with Crippen LogP contribution in [0.15, 0.2) is 47.4 Å². The van der Waals surface area contributed by atoms with Crippen LogP contribution in [0.5, 0.6) is 0 Å². The van der Waals surface area contributed by atoms with Crippen LogP contribution in [0.1, 0.15) is 19.3 Å². The van der Waals surface area contributed by atoms with Crippen molar-refractivity contribution in [3.05, 3.63) is 42.5 Å². The molecule has 5 rings (SSSR count). The molecule has 0 amide bonds. The van der Waals surface area contributed by atoms with E-state index in [1.54, 1.807) is 0 Å². The van der Waals surface area contributed by atoms with E-state index in [9.17, 15) is 0 Å². The van der Waals surface area contributed by atoms with Crippen molar-refractivity contribution in [1.29, 1.82) is 0 Å². The Labute approximate surface area is 117 Å². The molecule has 0 radical (unpaired) electrons. The summed E-state index contributed by atoms with van der Waals surface area (Å²) in [4.78, 5) is 1.48. The second-order valence-electron chi connectivity index (χ2n) is 6.24. The lowest BCUT2D eigenvalue weighted by molar-refractivity contribution is -0.145. The Balaban J connectivity index is 1.50. The molecule has 1 N–H and O–H groups in total. The van der Waals surface area contributed by atoms with Gasteiger partial charge in [0, 0.05) is 27.6 Å². The lowest BCUT2D eigenvalue weighted by Crippen LogP contribution is -2.85. The zero-order chi connectivity index (χ0) is 12.4. The molecule has 2 saturated carbocycles. The third kappa shape index (κ3) is 1.22. The minimum Gasteiger partial charge on any atom is -0.310 e. The van der Waals surface area contributed by atoms with Gasteiger partial charge in [0.05, 0.1) is 0 Å². The molecule has 19 heavy (non-hydrogen) atoms. The highest BCUT2D eigenvalue weighted by molar-refractivity contribution is 8.00. The molecule has 3 aliphatic rings. The summed E-state index contributed by atoms with van der Waals surface area (Å²) in [5, 5.41) is 7.36. The number of thioether (sulfide) groups is 1. The highest BCUT2D eigenvalue weighted by atomic mass is 32.2. The lowest BCUT2D eigenvalue weighted by Gasteiger charge is -2.75. The van der Waals surface area contributed by atoms with Crippen LogP contribution in [0.3, 0.4) is 0 Å². The predicted octanol–water partition coefficient (Wildman–Crippen LogP) is 3.82. The standard InChI is InChI=1S/C17H17NS/c1-2-6-12-11(4-1)5-3-7-13(12)19-16-10-15-17(16)9-8-14(17)18-15/h1-7,14-16,18H,8-10H2/t14?,15?,16-,17?/m0/s1. The van der Waals surface area contributed by atoms with E-state index in [2.05, 4.69) is 59.5 Å². The normalized spacial score (nSPS) is 38.6. The van der Waals surface area contributed by atoms with E-state index >= 15 is 0 Å². The summed E-state index contributed by atoms with van der Waals surface area (Å²) >= 11 is 2.14. The van der Waals surface area contributed by atoms with Gasteiger partial charge in [0.2, 0.25) is 0 Å². The predicted molar refractivity (Wildman–Crippen MR) is 80.6 cm³/mol. The molecule has 1 aliphatic heterocycles. The Bertz CT molecular complexity index is 656. The largest absolute Gasteiger partial charge is 0.310 e. The molecule has 3 fully saturated rings. The maximum Gasteiger partial charge on any atom is 0.0196 e. The van der Waals surface area contributed by atoms with Gasteiger partial charge < -0.3 is 5.32 Å². The minimum atomic E-state index is 0.682. The van der Waals surface area contributed by atoms with Crippen molar-refractivity contribution >= 4 is 22.5 Å². The van der Waals surface area contributed by atoms with Gasteiger partial charge in [-0.05, 0) is 36.1 Å². The molecule has 3 unspecified atom stereocenters. The molecule has 2 aromatic carbocycles. The number of nitrogens with one attached hydrogen (secondary N) is 1. The van der Waals surface area contributed by atoms with Gasteiger partial charge in [-0.1, -0.05) is 36.4 Å². The van der Waals surface area contributed by atoms with Crippen molar-refractivity contribution in [2.24, 2.45) is 5.41 Å². The van der Waals surface area contributed by atoms with Crippen LogP contribution in [0.4, 0.5) is 0 Å². The van der Waals surface area contributed by atoms with Crippen molar-refractivity contribution in [3.63, 3.8) is 0 Å². The first kappa shape index (κ1) is 10.8. The van der Waals surface area contributed by atoms with Gasteiger partial charge >= 0.3 is 0 Å². The van der Waals surface area contributed by atoms with Crippen molar-refractivity contribution in [2.45, 2.75) is 41.5 Å². The van der Waals surface area contributed by atoms with Crippen LogP contribution in [-0.4, -0.2) is 17.3 Å². The first-order chi connectivity index (χ1) is 9.38. The zero-order valence-electron chi connectivity index (χ0n) is 10.8. The fraction of sp³-hybridized carbons (Fsp3) is 0.412. The first-order valence-electron chi connectivity index (χ1n) is 7.28. The molecular weight excluding hydrogens is 250 g/mol. The van der Waals surface area contributed by atoms with Crippen LogP contribution < -0.4 is 5.32 Å². The van der Waals surface area contributed by atoms with Crippen molar-refractivity contribution < 1.29 is 0 Å². The number of hydrogen-bond donors (Lipinski definition) is 1. The van der Waals surface area contributed by atoms with Gasteiger partial charge in [0.25, 0.3) is 0 Å². The monoisotopic (exact) mass is 267 g/mol. The second kappa shape index (κ2) is 3.56. The molecule has 1 heterocycles. The van der Waals surface area contributed by atoms with E-state index in [4.69, 9.17) is 0 Å². The Morgan fingerprint density at radius 3 is 2.74 bits per heavy atom. The number of fused-ring (bicyclic) bond motifs is 1. The van der Waals surface area contributed by atoms with E-state index in [1.165, 1.54) is 34.9 Å². The molecule has 4 atom stereocenters. The van der Waals surface area contributed by atoms with E-state index in [0.717, 1.165) is 17.3 Å². The Morgan fingerprint density at radius 1 is 1.05 bits per heavy atom. The quantitative estimate of drug-likeness (QED) is 0.887. The fourth-order valence-electron chi connectivity index (χ4n) is 4.36. The third-order valence-electron chi connectivity index (χ3n) is 5.63. The fourth-order valence-corrected chi connectivity index (χ4v) is 6.09. The summed E-state index contributed by atoms with van der Waals surface area (Å²) in [5.74, 6) is 0. The Hall–Kier alpha value is -0.990. The van der Waals surface area contributed by atoms with Gasteiger partial charge in [-0.25, -0.2) is 0 Å². The van der Waals surface area contributed by atoms with E-state index in [0.29, 0.717) is 5.41 Å². The summed E-state index contributed by atoms with van der Waals surface area (Å²) in [6, 6.07) is 17.2. The van der Waals surface area contributed by atoms with E-state index in [-0.39, 0.29) is 0 Å². The SMILES string of the molecule is c1ccc2c(S[C@H]3CC4NC5CCC543)cccc2c1. The average molecular weight is 267 g/mol. The molecule has 2 heteroatoms. The summed E-state index contributed by atoms with van der Waals surface area (Å²) in [7, 11) is 0. The van der Waals surface area contributed by atoms with Crippen LogP contribution in [0, 0.1) is 5.41 Å². The molecule has 1 spiro atoms. The Morgan fingerprint density at radius 2 is 1.95 bits per heavy atom. The summed E-state index contributed by atoms with van der Waals surface area (Å²) < 4.78 is 0. The number of hydrogen-bond acceptors (Lipinski definition) is 2. The topological polar surface area (TPSA) is 12.0 Å². The molecule has 96 valence electrons. The lowest BCUT2D eigenvalue weighted by atomic mass is 9.44. The average Bonchev–Trinajstić information content (AvgIpc) is 2.41. The summed E-state index contributed by atoms with van der Waals surface area (Å²) in [6.07, 6.45) is 4.23. The zero-order valence-corrected chi connectivity index (χ0v) is 11.6. The summed E-state index contributed by atoms with van der Waals surface area (Å²) in [6.45, 7) is 0. The molecule has 2 aromatic rings. The maximum absolute atomic E-state index is 3.71. The van der Waals surface area contributed by atoms with Crippen LogP contribution >= 0.6 is 11.8 Å². The molecule has 1 saturated heterocycles. The minimum absolute atomic E-state index is 0.682. The van der Waals surface area contributed by atoms with Gasteiger partial charge in [-0.2, -0.15) is 0 Å².